The molecule has 3 aliphatic rings. The number of aryl methyl sites for hydroxylation is 1. The number of terminal acetylenes is 1. The average Bonchev–Trinajstić information content (AvgIpc) is 3.57. The zero-order valence-corrected chi connectivity index (χ0v) is 25.5. The molecule has 10 nitrogen and oxygen atoms in total. The van der Waals surface area contributed by atoms with Crippen molar-refractivity contribution in [2.45, 2.75) is 43.8 Å². The summed E-state index contributed by atoms with van der Waals surface area (Å²) in [6.45, 7) is 4.20. The fourth-order valence-corrected chi connectivity index (χ4v) is 7.54. The Labute approximate surface area is 268 Å². The van der Waals surface area contributed by atoms with Gasteiger partial charge in [-0.15, -0.1) is 6.42 Å². The first-order valence-corrected chi connectivity index (χ1v) is 15.5. The summed E-state index contributed by atoms with van der Waals surface area (Å²) < 4.78 is 41.6. The van der Waals surface area contributed by atoms with Crippen LogP contribution in [0.5, 0.6) is 11.8 Å². The highest BCUT2D eigenvalue weighted by molar-refractivity contribution is 6.03. The topological polar surface area (TPSA) is 118 Å². The first kappa shape index (κ1) is 29.3. The second-order valence-corrected chi connectivity index (χ2v) is 12.7. The van der Waals surface area contributed by atoms with Crippen molar-refractivity contribution in [3.63, 3.8) is 0 Å². The van der Waals surface area contributed by atoms with Gasteiger partial charge in [0.2, 0.25) is 0 Å². The summed E-state index contributed by atoms with van der Waals surface area (Å²) in [6, 6.07) is 7.51. The van der Waals surface area contributed by atoms with E-state index in [9.17, 15) is 18.7 Å². The van der Waals surface area contributed by atoms with E-state index in [2.05, 4.69) is 20.8 Å². The third-order valence-electron chi connectivity index (χ3n) is 9.84. The molecule has 8 rings (SSSR count). The van der Waals surface area contributed by atoms with Gasteiger partial charge in [-0.25, -0.2) is 23.5 Å². The van der Waals surface area contributed by atoms with Crippen LogP contribution < -0.4 is 15.3 Å². The van der Waals surface area contributed by atoms with Crippen LogP contribution in [0.15, 0.2) is 52.1 Å². The molecule has 1 N–H and O–H groups in total. The molecule has 0 saturated carbocycles. The van der Waals surface area contributed by atoms with Gasteiger partial charge >= 0.3 is 11.6 Å². The van der Waals surface area contributed by atoms with Gasteiger partial charge in [0.05, 0.1) is 22.3 Å². The van der Waals surface area contributed by atoms with Gasteiger partial charge in [0.25, 0.3) is 0 Å². The smallest absolute Gasteiger partial charge is 0.349 e. The van der Waals surface area contributed by atoms with Crippen LogP contribution in [0.4, 0.5) is 14.6 Å². The van der Waals surface area contributed by atoms with Gasteiger partial charge in [-0.2, -0.15) is 9.97 Å². The third-order valence-corrected chi connectivity index (χ3v) is 9.84. The minimum absolute atomic E-state index is 0.0218. The molecular weight excluding hydrogens is 606 g/mol. The second-order valence-electron chi connectivity index (χ2n) is 12.7. The summed E-state index contributed by atoms with van der Waals surface area (Å²) in [7, 11) is 0. The molecule has 3 fully saturated rings. The molecule has 0 unspecified atom stereocenters. The number of nitrogens with zero attached hydrogens (tertiary/aromatic N) is 6. The Hall–Kier alpha value is -5.15. The van der Waals surface area contributed by atoms with E-state index in [1.54, 1.807) is 13.1 Å². The number of fused-ring (bicyclic) bond motifs is 3. The number of anilines is 1. The van der Waals surface area contributed by atoms with Crippen molar-refractivity contribution < 1.29 is 23.0 Å². The standard InChI is InChI=1S/C35H30F2N6O4/c1-3-24-26(37)6-5-20-11-23(44)12-25(28(20)24)31-19(2)30-29(33(45)47-31)32(42-14-21(15-42)27-7-9-38-18-39-27)41-34(40-30)46-17-35-8-4-10-43(35)16-22(36)13-35/h1,5-7,9,11-12,18,21-22,44H,4,8,10,13-17H2,2H3/t22-,35+/m1/s1. The maximum atomic E-state index is 14.9. The fraction of sp³-hybridized carbons (Fsp3) is 0.343. The number of halogens is 2. The predicted molar refractivity (Wildman–Crippen MR) is 171 cm³/mol. The van der Waals surface area contributed by atoms with E-state index in [-0.39, 0.29) is 52.1 Å². The van der Waals surface area contributed by atoms with Crippen LogP contribution in [0.1, 0.15) is 42.0 Å². The molecule has 238 valence electrons. The van der Waals surface area contributed by atoms with Crippen LogP contribution in [0.3, 0.4) is 0 Å². The predicted octanol–water partition coefficient (Wildman–Crippen LogP) is 4.89. The number of aromatic hydroxyl groups is 1. The van der Waals surface area contributed by atoms with E-state index >= 15 is 0 Å². The van der Waals surface area contributed by atoms with Crippen LogP contribution in [0, 0.1) is 25.1 Å². The highest BCUT2D eigenvalue weighted by Gasteiger charge is 2.49. The summed E-state index contributed by atoms with van der Waals surface area (Å²) in [4.78, 5) is 35.8. The molecule has 2 aromatic carbocycles. The summed E-state index contributed by atoms with van der Waals surface area (Å²) in [5.41, 5.74) is 0.703. The molecule has 0 aliphatic carbocycles. The van der Waals surface area contributed by atoms with Gasteiger partial charge in [0.15, 0.2) is 5.82 Å². The Kier molecular flexibility index (Phi) is 6.84. The van der Waals surface area contributed by atoms with Crippen molar-refractivity contribution >= 4 is 27.5 Å². The third kappa shape index (κ3) is 4.76. The summed E-state index contributed by atoms with van der Waals surface area (Å²) in [5, 5.41) is 11.6. The molecule has 3 saturated heterocycles. The van der Waals surface area contributed by atoms with Crippen molar-refractivity contribution in [2.75, 3.05) is 37.7 Å². The van der Waals surface area contributed by atoms with E-state index < -0.39 is 23.2 Å². The Bertz CT molecular complexity index is 2160. The monoisotopic (exact) mass is 636 g/mol. The van der Waals surface area contributed by atoms with E-state index in [4.69, 9.17) is 25.5 Å². The molecule has 2 atom stereocenters. The van der Waals surface area contributed by atoms with E-state index in [1.165, 1.54) is 30.6 Å². The lowest BCUT2D eigenvalue weighted by Crippen LogP contribution is -2.46. The van der Waals surface area contributed by atoms with Gasteiger partial charge in [-0.3, -0.25) is 4.90 Å². The summed E-state index contributed by atoms with van der Waals surface area (Å²) >= 11 is 0. The molecule has 0 spiro atoms. The lowest BCUT2D eigenvalue weighted by molar-refractivity contribution is 0.107. The van der Waals surface area contributed by atoms with Gasteiger partial charge in [-0.05, 0) is 56.0 Å². The van der Waals surface area contributed by atoms with E-state index in [1.807, 2.05) is 11.0 Å². The molecular formula is C35H30F2N6O4. The molecule has 12 heteroatoms. The Balaban J connectivity index is 1.27. The van der Waals surface area contributed by atoms with E-state index in [0.717, 1.165) is 25.1 Å². The molecule has 3 aliphatic heterocycles. The zero-order valence-electron chi connectivity index (χ0n) is 25.5. The van der Waals surface area contributed by atoms with Crippen LogP contribution in [-0.4, -0.2) is 74.4 Å². The lowest BCUT2D eigenvalue weighted by atomic mass is 9.94. The number of alkyl halides is 1. The summed E-state index contributed by atoms with van der Waals surface area (Å²) in [5.74, 6) is 2.20. The Morgan fingerprint density at radius 3 is 2.83 bits per heavy atom. The first-order valence-electron chi connectivity index (χ1n) is 15.5. The highest BCUT2D eigenvalue weighted by atomic mass is 19.1. The molecule has 0 amide bonds. The van der Waals surface area contributed by atoms with Gasteiger partial charge in [0.1, 0.15) is 41.8 Å². The first-order chi connectivity index (χ1) is 22.7. The normalized spacial score (nSPS) is 21.2. The highest BCUT2D eigenvalue weighted by Crippen LogP contribution is 2.42. The Morgan fingerprint density at radius 1 is 1.19 bits per heavy atom. The van der Waals surface area contributed by atoms with E-state index in [0.29, 0.717) is 48.2 Å². The molecule has 5 aromatic rings. The lowest BCUT2D eigenvalue weighted by Gasteiger charge is -2.40. The second kappa shape index (κ2) is 11.0. The number of hydrogen-bond donors (Lipinski definition) is 1. The number of benzene rings is 2. The molecule has 47 heavy (non-hydrogen) atoms. The number of hydrogen-bond acceptors (Lipinski definition) is 10. The minimum atomic E-state index is -0.920. The van der Waals surface area contributed by atoms with Crippen molar-refractivity contribution in [3.8, 4) is 35.4 Å². The Morgan fingerprint density at radius 2 is 2.04 bits per heavy atom. The molecule has 3 aromatic heterocycles. The summed E-state index contributed by atoms with van der Waals surface area (Å²) in [6.07, 6.45) is 10.1. The largest absolute Gasteiger partial charge is 0.508 e. The fourth-order valence-electron chi connectivity index (χ4n) is 7.54. The number of ether oxygens (including phenoxy) is 1. The maximum Gasteiger partial charge on any atom is 0.349 e. The van der Waals surface area contributed by atoms with Gasteiger partial charge in [0, 0.05) is 54.7 Å². The molecule has 0 bridgehead atoms. The minimum Gasteiger partial charge on any atom is -0.508 e. The molecule has 6 heterocycles. The maximum absolute atomic E-state index is 14.9. The molecule has 0 radical (unpaired) electrons. The SMILES string of the molecule is C#Cc1c(F)ccc2cc(O)cc(-c3oc(=O)c4c(N5CC(c6ccncn6)C5)nc(OC[C@@]56CCCN5C[C@H](F)C6)nc4c3C)c12. The number of phenols is 1. The van der Waals surface area contributed by atoms with Crippen molar-refractivity contribution in [1.29, 1.82) is 0 Å². The average molecular weight is 637 g/mol. The number of phenolic OH excluding ortho intramolecular Hbond substituents is 1. The van der Waals surface area contributed by atoms with Crippen LogP contribution in [0.25, 0.3) is 33.0 Å². The van der Waals surface area contributed by atoms with Crippen LogP contribution in [-0.2, 0) is 0 Å². The number of aromatic nitrogens is 4. The van der Waals surface area contributed by atoms with Crippen molar-refractivity contribution in [2.24, 2.45) is 0 Å². The zero-order chi connectivity index (χ0) is 32.4. The van der Waals surface area contributed by atoms with Gasteiger partial charge in [-0.1, -0.05) is 12.0 Å². The quantitative estimate of drug-likeness (QED) is 0.258. The van der Waals surface area contributed by atoms with Crippen LogP contribution >= 0.6 is 0 Å². The van der Waals surface area contributed by atoms with Crippen molar-refractivity contribution in [3.05, 3.63) is 75.9 Å². The number of rotatable bonds is 6. The van der Waals surface area contributed by atoms with Crippen LogP contribution in [0.2, 0.25) is 0 Å². The van der Waals surface area contributed by atoms with Crippen molar-refractivity contribution in [1.82, 2.24) is 24.8 Å². The van der Waals surface area contributed by atoms with Gasteiger partial charge < -0.3 is 19.2 Å².